The number of hydrogen-bond acceptors (Lipinski definition) is 1. The van der Waals surface area contributed by atoms with Gasteiger partial charge in [0.05, 0.1) is 11.3 Å². The maximum absolute atomic E-state index is 10.9. The molecule has 0 aliphatic rings. The Hall–Kier alpha value is -1.29. The van der Waals surface area contributed by atoms with E-state index in [1.54, 1.807) is 18.2 Å². The summed E-state index contributed by atoms with van der Waals surface area (Å²) in [4.78, 5) is 10.9. The Kier molecular flexibility index (Phi) is 4.90. The van der Waals surface area contributed by atoms with Crippen LogP contribution in [0.1, 0.15) is 23.7 Å². The Labute approximate surface area is 93.1 Å². The highest BCUT2D eigenvalue weighted by Crippen LogP contribution is 2.13. The first-order valence-electron chi connectivity index (χ1n) is 4.83. The summed E-state index contributed by atoms with van der Waals surface area (Å²) in [5.41, 5.74) is 2.83. The zero-order chi connectivity index (χ0) is 11.1. The van der Waals surface area contributed by atoms with E-state index in [4.69, 9.17) is 5.11 Å². The normalized spacial score (nSPS) is 11.0. The van der Waals surface area contributed by atoms with E-state index in [0.717, 1.165) is 12.2 Å². The number of rotatable bonds is 5. The summed E-state index contributed by atoms with van der Waals surface area (Å²) >= 11 is 1.18. The molecule has 0 saturated carbocycles. The molecular weight excluding hydrogens is 210 g/mol. The maximum atomic E-state index is 10.9. The van der Waals surface area contributed by atoms with E-state index in [1.165, 1.54) is 11.4 Å². The first kappa shape index (κ1) is 11.8. The van der Waals surface area contributed by atoms with Crippen LogP contribution in [0.2, 0.25) is 0 Å². The highest BCUT2D eigenvalue weighted by atomic mass is 32.1. The molecule has 0 unspecified atom stereocenters. The second kappa shape index (κ2) is 6.24. The number of benzene rings is 1. The quantitative estimate of drug-likeness (QED) is 0.533. The predicted molar refractivity (Wildman–Crippen MR) is 67.2 cm³/mol. The molecule has 3 nitrogen and oxygen atoms in total. The van der Waals surface area contributed by atoms with Gasteiger partial charge >= 0.3 is 5.97 Å². The van der Waals surface area contributed by atoms with Gasteiger partial charge in [-0.05, 0) is 24.3 Å². The van der Waals surface area contributed by atoms with E-state index in [-0.39, 0.29) is 0 Å². The first-order valence-corrected chi connectivity index (χ1v) is 5.97. The van der Waals surface area contributed by atoms with Gasteiger partial charge in [0.25, 0.3) is 0 Å². The van der Waals surface area contributed by atoms with Gasteiger partial charge in [-0.25, -0.2) is 4.79 Å². The average molecular weight is 225 g/mol. The fourth-order valence-electron chi connectivity index (χ4n) is 1.10. The monoisotopic (exact) mass is 225 g/mol. The van der Waals surface area contributed by atoms with Gasteiger partial charge in [0.2, 0.25) is 0 Å². The molecule has 0 fully saturated rings. The Morgan fingerprint density at radius 3 is 2.93 bits per heavy atom. The molecule has 0 amide bonds. The highest BCUT2D eigenvalue weighted by Gasteiger charge is 2.06. The fraction of sp³-hybridized carbons (Fsp3) is 0.273. The highest BCUT2D eigenvalue weighted by molar-refractivity contribution is 7.97. The van der Waals surface area contributed by atoms with E-state index in [2.05, 4.69) is 12.2 Å². The second-order valence-corrected chi connectivity index (χ2v) is 4.10. The Morgan fingerprint density at radius 1 is 1.53 bits per heavy atom. The minimum Gasteiger partial charge on any atom is -0.478 e. The molecular formula is C11H15NO2S. The zero-order valence-corrected chi connectivity index (χ0v) is 9.50. The van der Waals surface area contributed by atoms with Gasteiger partial charge in [0, 0.05) is 5.49 Å². The molecule has 15 heavy (non-hydrogen) atoms. The van der Waals surface area contributed by atoms with Crippen molar-refractivity contribution in [2.24, 2.45) is 0 Å². The Balaban J connectivity index is 2.71. The Bertz CT molecular complexity index is 363. The summed E-state index contributed by atoms with van der Waals surface area (Å²) in [7, 11) is 0. The number of nitrogens with one attached hydrogen (secondary N) is 1. The van der Waals surface area contributed by atoms with Crippen LogP contribution in [-0.4, -0.2) is 22.3 Å². The third-order valence-corrected chi connectivity index (χ3v) is 2.84. The van der Waals surface area contributed by atoms with Gasteiger partial charge in [0.15, 0.2) is 0 Å². The number of para-hydroxylation sites is 1. The lowest BCUT2D eigenvalue weighted by atomic mass is 10.2. The number of carboxylic acids is 1. The van der Waals surface area contributed by atoms with E-state index >= 15 is 0 Å². The molecule has 1 rings (SSSR count). The summed E-state index contributed by atoms with van der Waals surface area (Å²) in [5, 5.41) is 11.9. The molecule has 0 atom stereocenters. The molecule has 0 heterocycles. The third-order valence-electron chi connectivity index (χ3n) is 1.82. The summed E-state index contributed by atoms with van der Waals surface area (Å²) in [6.45, 7) is 2.12. The molecule has 0 saturated heterocycles. The third kappa shape index (κ3) is 3.75. The van der Waals surface area contributed by atoms with E-state index in [0.29, 0.717) is 11.3 Å². The standard InChI is InChI=1S/C11H15NO2S/c1-2-7-15-8-12-10-6-4-3-5-9(10)11(13)14/h3-6,8,12,15H,2,7H2,1H3,(H,13,14). The van der Waals surface area contributed by atoms with Crippen molar-refractivity contribution in [3.8, 4) is 0 Å². The number of anilines is 1. The molecule has 4 heteroatoms. The van der Waals surface area contributed by atoms with Gasteiger partial charge in [-0.1, -0.05) is 19.1 Å². The van der Waals surface area contributed by atoms with Crippen LogP contribution < -0.4 is 5.32 Å². The van der Waals surface area contributed by atoms with Crippen molar-refractivity contribution in [2.75, 3.05) is 11.1 Å². The van der Waals surface area contributed by atoms with Crippen molar-refractivity contribution < 1.29 is 9.90 Å². The van der Waals surface area contributed by atoms with Crippen LogP contribution in [0.5, 0.6) is 0 Å². The number of thiol groups is 1. The zero-order valence-electron chi connectivity index (χ0n) is 8.60. The van der Waals surface area contributed by atoms with Crippen LogP contribution in [0, 0.1) is 0 Å². The minimum atomic E-state index is -0.904. The number of aromatic carboxylic acids is 1. The predicted octanol–water partition coefficient (Wildman–Crippen LogP) is 2.43. The number of carboxylic acid groups (broad SMARTS) is 1. The van der Waals surface area contributed by atoms with Gasteiger partial charge in [-0.3, -0.25) is 0 Å². The summed E-state index contributed by atoms with van der Waals surface area (Å²) in [5.74, 6) is 0.182. The summed E-state index contributed by atoms with van der Waals surface area (Å²) < 4.78 is 0. The topological polar surface area (TPSA) is 49.3 Å². The Morgan fingerprint density at radius 2 is 2.27 bits per heavy atom. The van der Waals surface area contributed by atoms with Crippen LogP contribution in [-0.2, 0) is 0 Å². The SMILES string of the molecule is CCC[SH]=CNc1ccccc1C(=O)O. The van der Waals surface area contributed by atoms with Crippen molar-refractivity contribution in [1.29, 1.82) is 0 Å². The van der Waals surface area contributed by atoms with Crippen LogP contribution in [0.4, 0.5) is 5.69 Å². The average Bonchev–Trinajstić information content (AvgIpc) is 2.25. The van der Waals surface area contributed by atoms with Crippen molar-refractivity contribution >= 4 is 28.5 Å². The van der Waals surface area contributed by atoms with Crippen LogP contribution in [0.25, 0.3) is 0 Å². The molecule has 1 aromatic rings. The van der Waals surface area contributed by atoms with Crippen molar-refractivity contribution in [2.45, 2.75) is 13.3 Å². The second-order valence-electron chi connectivity index (χ2n) is 3.03. The van der Waals surface area contributed by atoms with Crippen LogP contribution in [0.3, 0.4) is 0 Å². The number of hydrogen-bond donors (Lipinski definition) is 3. The molecule has 0 aromatic heterocycles. The molecule has 0 bridgehead atoms. The lowest BCUT2D eigenvalue weighted by Gasteiger charge is -2.04. The van der Waals surface area contributed by atoms with Gasteiger partial charge in [0.1, 0.15) is 0 Å². The van der Waals surface area contributed by atoms with Gasteiger partial charge in [-0.2, -0.15) is 11.4 Å². The molecule has 0 aliphatic carbocycles. The molecule has 82 valence electrons. The lowest BCUT2D eigenvalue weighted by Crippen LogP contribution is -2.03. The van der Waals surface area contributed by atoms with Crippen LogP contribution in [0.15, 0.2) is 24.3 Å². The van der Waals surface area contributed by atoms with Crippen molar-refractivity contribution in [1.82, 2.24) is 0 Å². The largest absolute Gasteiger partial charge is 0.478 e. The van der Waals surface area contributed by atoms with E-state index in [9.17, 15) is 4.79 Å². The van der Waals surface area contributed by atoms with Gasteiger partial charge < -0.3 is 10.4 Å². The lowest BCUT2D eigenvalue weighted by molar-refractivity contribution is 0.0698. The molecule has 0 spiro atoms. The number of carbonyl (C=O) groups is 1. The smallest absolute Gasteiger partial charge is 0.337 e. The van der Waals surface area contributed by atoms with Crippen LogP contribution >= 0.6 is 11.4 Å². The van der Waals surface area contributed by atoms with Gasteiger partial charge in [-0.15, -0.1) is 0 Å². The van der Waals surface area contributed by atoms with E-state index in [1.807, 2.05) is 11.6 Å². The summed E-state index contributed by atoms with van der Waals surface area (Å²) in [6.07, 6.45) is 1.13. The fourth-order valence-corrected chi connectivity index (χ4v) is 1.72. The van der Waals surface area contributed by atoms with E-state index < -0.39 is 5.97 Å². The summed E-state index contributed by atoms with van der Waals surface area (Å²) in [6, 6.07) is 6.90. The molecule has 0 aliphatic heterocycles. The molecule has 2 N–H and O–H groups in total. The molecule has 0 radical (unpaired) electrons. The van der Waals surface area contributed by atoms with Crippen molar-refractivity contribution in [3.05, 3.63) is 29.8 Å². The first-order chi connectivity index (χ1) is 7.25. The van der Waals surface area contributed by atoms with Crippen molar-refractivity contribution in [3.63, 3.8) is 0 Å². The maximum Gasteiger partial charge on any atom is 0.337 e. The molecule has 1 aromatic carbocycles. The minimum absolute atomic E-state index is 0.306.